The van der Waals surface area contributed by atoms with E-state index in [2.05, 4.69) is 15.4 Å². The summed E-state index contributed by atoms with van der Waals surface area (Å²) in [7, 11) is 3.09. The lowest BCUT2D eigenvalue weighted by Crippen LogP contribution is -2.29. The van der Waals surface area contributed by atoms with Crippen LogP contribution in [0.1, 0.15) is 0 Å². The fourth-order valence-electron chi connectivity index (χ4n) is 2.29. The summed E-state index contributed by atoms with van der Waals surface area (Å²) < 4.78 is 11.6. The summed E-state index contributed by atoms with van der Waals surface area (Å²) in [6.07, 6.45) is 1.59. The Morgan fingerprint density at radius 3 is 2.69 bits per heavy atom. The van der Waals surface area contributed by atoms with Crippen LogP contribution in [-0.4, -0.2) is 34.9 Å². The van der Waals surface area contributed by atoms with E-state index in [4.69, 9.17) is 9.47 Å². The van der Waals surface area contributed by atoms with Gasteiger partial charge in [-0.05, 0) is 24.3 Å². The Kier molecular flexibility index (Phi) is 5.28. The van der Waals surface area contributed by atoms with Gasteiger partial charge in [0.15, 0.2) is 16.6 Å². The molecule has 0 aliphatic carbocycles. The number of hydrogen-bond donors (Lipinski definition) is 1. The monoisotopic (exact) mass is 372 g/mol. The van der Waals surface area contributed by atoms with E-state index in [0.717, 1.165) is 10.2 Å². The van der Waals surface area contributed by atoms with Crippen molar-refractivity contribution in [2.75, 3.05) is 19.5 Å². The maximum atomic E-state index is 12.1. The van der Waals surface area contributed by atoms with Crippen molar-refractivity contribution in [3.05, 3.63) is 52.3 Å². The van der Waals surface area contributed by atoms with Crippen molar-refractivity contribution in [1.82, 2.24) is 14.8 Å². The minimum Gasteiger partial charge on any atom is -0.493 e. The van der Waals surface area contributed by atoms with Gasteiger partial charge in [-0.3, -0.25) is 9.59 Å². The highest BCUT2D eigenvalue weighted by molar-refractivity contribution is 7.13. The van der Waals surface area contributed by atoms with Crippen LogP contribution >= 0.6 is 11.3 Å². The highest BCUT2D eigenvalue weighted by Crippen LogP contribution is 2.31. The number of thiazole rings is 1. The van der Waals surface area contributed by atoms with Crippen molar-refractivity contribution in [3.8, 4) is 22.8 Å². The highest BCUT2D eigenvalue weighted by Gasteiger charge is 2.11. The second kappa shape index (κ2) is 7.79. The van der Waals surface area contributed by atoms with Gasteiger partial charge in [-0.2, -0.15) is 5.10 Å². The molecule has 0 aliphatic rings. The topological polar surface area (TPSA) is 95.3 Å². The molecule has 0 atom stereocenters. The van der Waals surface area contributed by atoms with Gasteiger partial charge in [0.05, 0.1) is 19.9 Å². The van der Waals surface area contributed by atoms with Gasteiger partial charge in [0.1, 0.15) is 6.54 Å². The normalized spacial score (nSPS) is 10.4. The van der Waals surface area contributed by atoms with E-state index in [1.165, 1.54) is 17.4 Å². The highest BCUT2D eigenvalue weighted by atomic mass is 32.1. The van der Waals surface area contributed by atoms with Crippen molar-refractivity contribution in [2.45, 2.75) is 6.54 Å². The molecule has 3 aromatic rings. The zero-order chi connectivity index (χ0) is 18.5. The molecule has 1 aromatic carbocycles. The number of carbonyl (C=O) groups is 1. The Balaban J connectivity index is 1.85. The summed E-state index contributed by atoms with van der Waals surface area (Å²) in [6.45, 7) is -0.209. The summed E-state index contributed by atoms with van der Waals surface area (Å²) in [5.74, 6) is 0.762. The molecule has 2 heterocycles. The fraction of sp³-hybridized carbons (Fsp3) is 0.176. The van der Waals surface area contributed by atoms with E-state index in [-0.39, 0.29) is 18.0 Å². The van der Waals surface area contributed by atoms with Crippen molar-refractivity contribution in [3.63, 3.8) is 0 Å². The van der Waals surface area contributed by atoms with Gasteiger partial charge in [0.25, 0.3) is 5.56 Å². The number of amides is 1. The van der Waals surface area contributed by atoms with Crippen LogP contribution in [0, 0.1) is 0 Å². The molecule has 0 saturated heterocycles. The fourth-order valence-corrected chi connectivity index (χ4v) is 2.84. The van der Waals surface area contributed by atoms with E-state index >= 15 is 0 Å². The number of rotatable bonds is 6. The van der Waals surface area contributed by atoms with Crippen molar-refractivity contribution in [2.24, 2.45) is 0 Å². The largest absolute Gasteiger partial charge is 0.493 e. The summed E-state index contributed by atoms with van der Waals surface area (Å²) in [6, 6.07) is 8.27. The second-order valence-corrected chi connectivity index (χ2v) is 6.06. The molecule has 26 heavy (non-hydrogen) atoms. The lowest BCUT2D eigenvalue weighted by Gasteiger charge is -2.10. The Bertz CT molecular complexity index is 969. The summed E-state index contributed by atoms with van der Waals surface area (Å²) in [5.41, 5.74) is 0.896. The number of carbonyl (C=O) groups excluding carboxylic acids is 1. The van der Waals surface area contributed by atoms with Crippen LogP contribution < -0.4 is 20.3 Å². The lowest BCUT2D eigenvalue weighted by atomic mass is 10.1. The quantitative estimate of drug-likeness (QED) is 0.711. The molecule has 0 bridgehead atoms. The van der Waals surface area contributed by atoms with Gasteiger partial charge in [0, 0.05) is 23.2 Å². The van der Waals surface area contributed by atoms with Crippen LogP contribution in [0.15, 0.2) is 46.7 Å². The summed E-state index contributed by atoms with van der Waals surface area (Å²) in [4.78, 5) is 28.1. The molecule has 134 valence electrons. The third-order valence-electron chi connectivity index (χ3n) is 3.52. The summed E-state index contributed by atoms with van der Waals surface area (Å²) >= 11 is 1.30. The average molecular weight is 372 g/mol. The van der Waals surface area contributed by atoms with Gasteiger partial charge in [0.2, 0.25) is 5.91 Å². The number of methoxy groups -OCH3 is 2. The van der Waals surface area contributed by atoms with Crippen molar-refractivity contribution in [1.29, 1.82) is 0 Å². The molecule has 8 nitrogen and oxygen atoms in total. The Morgan fingerprint density at radius 2 is 2.00 bits per heavy atom. The van der Waals surface area contributed by atoms with Gasteiger partial charge in [-0.1, -0.05) is 0 Å². The van der Waals surface area contributed by atoms with Crippen LogP contribution in [0.5, 0.6) is 11.5 Å². The predicted octanol–water partition coefficient (Wildman–Crippen LogP) is 2.02. The smallest absolute Gasteiger partial charge is 0.267 e. The zero-order valence-corrected chi connectivity index (χ0v) is 14.9. The average Bonchev–Trinajstić information content (AvgIpc) is 3.15. The molecule has 0 unspecified atom stereocenters. The molecule has 1 N–H and O–H groups in total. The first-order chi connectivity index (χ1) is 12.6. The Hall–Kier alpha value is -3.20. The van der Waals surface area contributed by atoms with E-state index in [1.807, 2.05) is 0 Å². The van der Waals surface area contributed by atoms with Crippen molar-refractivity contribution < 1.29 is 14.3 Å². The predicted molar refractivity (Wildman–Crippen MR) is 97.8 cm³/mol. The molecule has 0 radical (unpaired) electrons. The van der Waals surface area contributed by atoms with E-state index in [1.54, 1.807) is 50.1 Å². The van der Waals surface area contributed by atoms with Gasteiger partial charge in [-0.15, -0.1) is 11.3 Å². The molecule has 0 aliphatic heterocycles. The molecule has 9 heteroatoms. The Labute approximate surface area is 153 Å². The minimum absolute atomic E-state index is 0.209. The summed E-state index contributed by atoms with van der Waals surface area (Å²) in [5, 5.41) is 9.11. The van der Waals surface area contributed by atoms with Crippen LogP contribution in [0.2, 0.25) is 0 Å². The van der Waals surface area contributed by atoms with Gasteiger partial charge >= 0.3 is 0 Å². The number of benzene rings is 1. The van der Waals surface area contributed by atoms with Crippen LogP contribution in [-0.2, 0) is 11.3 Å². The SMILES string of the molecule is COc1ccc(-c2ccc(=O)n(CC(=O)Nc3nccs3)n2)cc1OC. The number of anilines is 1. The van der Waals surface area contributed by atoms with Gasteiger partial charge in [-0.25, -0.2) is 9.67 Å². The molecule has 3 rings (SSSR count). The molecule has 1 amide bonds. The van der Waals surface area contributed by atoms with Crippen LogP contribution in [0.25, 0.3) is 11.3 Å². The third kappa shape index (κ3) is 3.89. The zero-order valence-electron chi connectivity index (χ0n) is 14.1. The number of nitrogens with one attached hydrogen (secondary N) is 1. The van der Waals surface area contributed by atoms with Gasteiger partial charge < -0.3 is 14.8 Å². The van der Waals surface area contributed by atoms with E-state index < -0.39 is 0 Å². The number of ether oxygens (including phenoxy) is 2. The number of aromatic nitrogens is 3. The second-order valence-electron chi connectivity index (χ2n) is 5.17. The minimum atomic E-state index is -0.376. The van der Waals surface area contributed by atoms with Crippen LogP contribution in [0.4, 0.5) is 5.13 Å². The standard InChI is InChI=1S/C17H16N4O4S/c1-24-13-5-3-11(9-14(13)25-2)12-4-6-16(23)21(20-12)10-15(22)19-17-18-7-8-26-17/h3-9H,10H2,1-2H3,(H,18,19,22). The van der Waals surface area contributed by atoms with Crippen LogP contribution in [0.3, 0.4) is 0 Å². The molecular formula is C17H16N4O4S. The van der Waals surface area contributed by atoms with E-state index in [0.29, 0.717) is 22.3 Å². The molecular weight excluding hydrogens is 356 g/mol. The molecule has 0 fully saturated rings. The third-order valence-corrected chi connectivity index (χ3v) is 4.21. The van der Waals surface area contributed by atoms with E-state index in [9.17, 15) is 9.59 Å². The maximum absolute atomic E-state index is 12.1. The molecule has 0 spiro atoms. The lowest BCUT2D eigenvalue weighted by molar-refractivity contribution is -0.117. The molecule has 0 saturated carbocycles. The first-order valence-corrected chi connectivity index (χ1v) is 8.48. The first-order valence-electron chi connectivity index (χ1n) is 7.60. The maximum Gasteiger partial charge on any atom is 0.267 e. The number of hydrogen-bond acceptors (Lipinski definition) is 7. The number of nitrogens with zero attached hydrogens (tertiary/aromatic N) is 3. The van der Waals surface area contributed by atoms with Crippen molar-refractivity contribution >= 4 is 22.4 Å². The first kappa shape index (κ1) is 17.6. The molecule has 2 aromatic heterocycles. The Morgan fingerprint density at radius 1 is 1.19 bits per heavy atom.